The Balaban J connectivity index is 2.15. The van der Waals surface area contributed by atoms with E-state index in [-0.39, 0.29) is 5.56 Å². The summed E-state index contributed by atoms with van der Waals surface area (Å²) >= 11 is 5.00. The molecule has 1 atom stereocenters. The van der Waals surface area contributed by atoms with Gasteiger partial charge in [0.2, 0.25) is 0 Å². The normalized spacial score (nSPS) is 21.8. The largest absolute Gasteiger partial charge is 0.297 e. The molecule has 0 radical (unpaired) electrons. The molecule has 0 aromatic heterocycles. The number of nitrogens with zero attached hydrogens (tertiary/aromatic N) is 1. The summed E-state index contributed by atoms with van der Waals surface area (Å²) in [6.45, 7) is 4.27. The van der Waals surface area contributed by atoms with E-state index in [1.807, 2.05) is 11.8 Å². The van der Waals surface area contributed by atoms with Crippen LogP contribution in [0.5, 0.6) is 0 Å². The highest BCUT2D eigenvalue weighted by Crippen LogP contribution is 2.25. The molecule has 0 bridgehead atoms. The van der Waals surface area contributed by atoms with Crippen LogP contribution in [0, 0.1) is 11.6 Å². The van der Waals surface area contributed by atoms with E-state index in [9.17, 15) is 8.78 Å². The summed E-state index contributed by atoms with van der Waals surface area (Å²) in [6, 6.07) is 2.72. The van der Waals surface area contributed by atoms with E-state index in [0.29, 0.717) is 16.3 Å². The molecule has 1 aliphatic heterocycles. The molecule has 1 heterocycles. The summed E-state index contributed by atoms with van der Waals surface area (Å²) < 4.78 is 27.7. The monoisotopic (exact) mass is 321 g/mol. The highest BCUT2D eigenvalue weighted by molar-refractivity contribution is 9.10. The zero-order chi connectivity index (χ0) is 12.4. The van der Waals surface area contributed by atoms with E-state index in [1.54, 1.807) is 0 Å². The third-order valence-electron chi connectivity index (χ3n) is 2.85. The summed E-state index contributed by atoms with van der Waals surface area (Å²) in [7, 11) is 0. The second-order valence-electron chi connectivity index (χ2n) is 4.24. The van der Waals surface area contributed by atoms with Crippen molar-refractivity contribution in [2.24, 2.45) is 0 Å². The first kappa shape index (κ1) is 13.3. The highest BCUT2D eigenvalue weighted by Gasteiger charge is 2.20. The van der Waals surface area contributed by atoms with Gasteiger partial charge in [0.25, 0.3) is 0 Å². The molecule has 0 spiro atoms. The van der Waals surface area contributed by atoms with Crippen LogP contribution in [0.3, 0.4) is 0 Å². The van der Waals surface area contributed by atoms with Gasteiger partial charge < -0.3 is 0 Å². The average molecular weight is 322 g/mol. The van der Waals surface area contributed by atoms with Crippen LogP contribution in [0.1, 0.15) is 12.5 Å². The summed E-state index contributed by atoms with van der Waals surface area (Å²) in [6.07, 6.45) is 0. The van der Waals surface area contributed by atoms with Gasteiger partial charge in [-0.05, 0) is 28.1 Å². The Bertz CT molecular complexity index is 414. The van der Waals surface area contributed by atoms with Crippen LogP contribution in [0.4, 0.5) is 8.78 Å². The molecule has 17 heavy (non-hydrogen) atoms. The molecular weight excluding hydrogens is 308 g/mol. The lowest BCUT2D eigenvalue weighted by atomic mass is 10.2. The fraction of sp³-hybridized carbons (Fsp3) is 0.500. The molecule has 1 nitrogen and oxygen atoms in total. The van der Waals surface area contributed by atoms with Gasteiger partial charge in [-0.3, -0.25) is 4.90 Å². The lowest BCUT2D eigenvalue weighted by molar-refractivity contribution is 0.269. The predicted molar refractivity (Wildman–Crippen MR) is 71.3 cm³/mol. The Morgan fingerprint density at radius 3 is 2.94 bits per heavy atom. The van der Waals surface area contributed by atoms with Crippen molar-refractivity contribution in [3.63, 3.8) is 0 Å². The topological polar surface area (TPSA) is 3.24 Å². The maximum Gasteiger partial charge on any atom is 0.144 e. The fourth-order valence-corrected chi connectivity index (χ4v) is 3.43. The van der Waals surface area contributed by atoms with Crippen molar-refractivity contribution in [2.75, 3.05) is 18.8 Å². The minimum Gasteiger partial charge on any atom is -0.297 e. The van der Waals surface area contributed by atoms with E-state index >= 15 is 0 Å². The van der Waals surface area contributed by atoms with Gasteiger partial charge in [0.15, 0.2) is 0 Å². The number of hydrogen-bond acceptors (Lipinski definition) is 2. The fourth-order valence-electron chi connectivity index (χ4n) is 1.97. The third-order valence-corrected chi connectivity index (χ3v) is 4.59. The van der Waals surface area contributed by atoms with E-state index in [1.165, 1.54) is 12.1 Å². The van der Waals surface area contributed by atoms with Gasteiger partial charge in [0.1, 0.15) is 11.6 Å². The third kappa shape index (κ3) is 3.20. The van der Waals surface area contributed by atoms with Gasteiger partial charge in [-0.1, -0.05) is 6.92 Å². The molecule has 2 rings (SSSR count). The molecule has 0 amide bonds. The van der Waals surface area contributed by atoms with E-state index in [2.05, 4.69) is 27.8 Å². The first-order valence-corrected chi connectivity index (χ1v) is 7.38. The minimum atomic E-state index is -0.476. The number of halogens is 3. The molecule has 1 fully saturated rings. The second-order valence-corrected chi connectivity index (χ2v) is 6.64. The summed E-state index contributed by atoms with van der Waals surface area (Å²) in [4.78, 5) is 2.11. The Kier molecular flexibility index (Phi) is 4.44. The molecule has 0 N–H and O–H groups in total. The van der Waals surface area contributed by atoms with Crippen molar-refractivity contribution in [3.05, 3.63) is 33.8 Å². The van der Waals surface area contributed by atoms with Crippen molar-refractivity contribution < 1.29 is 8.78 Å². The maximum absolute atomic E-state index is 13.8. The van der Waals surface area contributed by atoms with E-state index in [0.717, 1.165) is 18.8 Å². The Morgan fingerprint density at radius 1 is 1.47 bits per heavy atom. The molecule has 1 saturated heterocycles. The van der Waals surface area contributed by atoms with Crippen molar-refractivity contribution in [3.8, 4) is 0 Å². The Morgan fingerprint density at radius 2 is 2.24 bits per heavy atom. The van der Waals surface area contributed by atoms with Crippen LogP contribution in [-0.2, 0) is 6.54 Å². The van der Waals surface area contributed by atoms with E-state index < -0.39 is 11.6 Å². The van der Waals surface area contributed by atoms with Crippen molar-refractivity contribution in [1.29, 1.82) is 0 Å². The lowest BCUT2D eigenvalue weighted by Crippen LogP contribution is -2.36. The van der Waals surface area contributed by atoms with Gasteiger partial charge in [-0.2, -0.15) is 11.8 Å². The average Bonchev–Trinajstić information content (AvgIpc) is 2.30. The molecule has 1 aromatic rings. The second kappa shape index (κ2) is 5.67. The number of rotatable bonds is 2. The van der Waals surface area contributed by atoms with Crippen molar-refractivity contribution in [1.82, 2.24) is 4.90 Å². The quantitative estimate of drug-likeness (QED) is 0.765. The van der Waals surface area contributed by atoms with Crippen LogP contribution in [0.15, 0.2) is 16.6 Å². The maximum atomic E-state index is 13.8. The lowest BCUT2D eigenvalue weighted by Gasteiger charge is -2.30. The first-order chi connectivity index (χ1) is 8.08. The predicted octanol–water partition coefficient (Wildman–Crippen LogP) is 3.66. The Labute approximate surface area is 113 Å². The van der Waals surface area contributed by atoms with Crippen LogP contribution in [-0.4, -0.2) is 29.0 Å². The summed E-state index contributed by atoms with van der Waals surface area (Å²) in [5.74, 6) is 0.0887. The number of thioether (sulfide) groups is 1. The standard InChI is InChI=1S/C12H14BrF2NS/c1-8-6-16(4-5-17-8)7-9-11(14)3-2-10(13)12(9)15/h2-3,8H,4-7H2,1H3. The molecule has 0 saturated carbocycles. The van der Waals surface area contributed by atoms with Gasteiger partial charge in [0, 0.05) is 36.2 Å². The van der Waals surface area contributed by atoms with Crippen LogP contribution >= 0.6 is 27.7 Å². The molecule has 94 valence electrons. The summed E-state index contributed by atoms with van der Waals surface area (Å²) in [5, 5.41) is 0.530. The molecule has 0 aliphatic carbocycles. The Hall–Kier alpha value is -0.130. The van der Waals surface area contributed by atoms with Crippen molar-refractivity contribution in [2.45, 2.75) is 18.7 Å². The van der Waals surface area contributed by atoms with Crippen LogP contribution in [0.25, 0.3) is 0 Å². The SMILES string of the molecule is CC1CN(Cc2c(F)ccc(Br)c2F)CCS1. The summed E-state index contributed by atoms with van der Waals surface area (Å²) in [5.41, 5.74) is 0.165. The number of hydrogen-bond donors (Lipinski definition) is 0. The van der Waals surface area contributed by atoms with Crippen LogP contribution < -0.4 is 0 Å². The zero-order valence-corrected chi connectivity index (χ0v) is 12.0. The van der Waals surface area contributed by atoms with Crippen LogP contribution in [0.2, 0.25) is 0 Å². The molecule has 1 aromatic carbocycles. The molecule has 5 heteroatoms. The molecular formula is C12H14BrF2NS. The van der Waals surface area contributed by atoms with Gasteiger partial charge in [0.05, 0.1) is 4.47 Å². The highest BCUT2D eigenvalue weighted by atomic mass is 79.9. The molecule has 1 unspecified atom stereocenters. The van der Waals surface area contributed by atoms with Crippen molar-refractivity contribution >= 4 is 27.7 Å². The smallest absolute Gasteiger partial charge is 0.144 e. The molecule has 1 aliphatic rings. The van der Waals surface area contributed by atoms with E-state index in [4.69, 9.17) is 0 Å². The zero-order valence-electron chi connectivity index (χ0n) is 9.55. The minimum absolute atomic E-state index is 0.165. The van der Waals surface area contributed by atoms with Gasteiger partial charge in [-0.15, -0.1) is 0 Å². The first-order valence-electron chi connectivity index (χ1n) is 5.54. The van der Waals surface area contributed by atoms with Gasteiger partial charge in [-0.25, -0.2) is 8.78 Å². The number of benzene rings is 1. The van der Waals surface area contributed by atoms with Gasteiger partial charge >= 0.3 is 0 Å².